The van der Waals surface area contributed by atoms with Crippen LogP contribution in [0.1, 0.15) is 60.2 Å². The molecule has 1 fully saturated rings. The lowest BCUT2D eigenvalue weighted by atomic mass is 10.2. The molecule has 0 bridgehead atoms. The first-order valence-electron chi connectivity index (χ1n) is 8.03. The topological polar surface area (TPSA) is 67.8 Å². The molecule has 2 heterocycles. The second kappa shape index (κ2) is 7.58. The zero-order chi connectivity index (χ0) is 18.6. The SMILES string of the molecule is CC.Cc1nc(C(F)(F)F)ccc1NC(=O)c1cnc(C2CC2)nc1. The Hall–Kier alpha value is -2.51. The molecule has 2 aromatic rings. The molecule has 0 atom stereocenters. The zero-order valence-electron chi connectivity index (χ0n) is 14.2. The number of alkyl halides is 3. The predicted molar refractivity (Wildman–Crippen MR) is 87.3 cm³/mol. The Balaban J connectivity index is 0.00000109. The molecule has 0 unspecified atom stereocenters. The minimum absolute atomic E-state index is 0.0868. The first-order chi connectivity index (χ1) is 11.8. The van der Waals surface area contributed by atoms with Crippen molar-refractivity contribution in [2.24, 2.45) is 0 Å². The molecule has 0 aliphatic heterocycles. The van der Waals surface area contributed by atoms with Crippen LogP contribution in [0.15, 0.2) is 24.5 Å². The highest BCUT2D eigenvalue weighted by molar-refractivity contribution is 6.04. The maximum absolute atomic E-state index is 12.6. The van der Waals surface area contributed by atoms with Crippen molar-refractivity contribution in [1.82, 2.24) is 15.0 Å². The van der Waals surface area contributed by atoms with Crippen molar-refractivity contribution in [1.29, 1.82) is 0 Å². The summed E-state index contributed by atoms with van der Waals surface area (Å²) < 4.78 is 37.7. The summed E-state index contributed by atoms with van der Waals surface area (Å²) in [6, 6.07) is 2.01. The van der Waals surface area contributed by atoms with Crippen LogP contribution in [0.3, 0.4) is 0 Å². The number of aromatic nitrogens is 3. The van der Waals surface area contributed by atoms with Gasteiger partial charge in [0.2, 0.25) is 0 Å². The number of pyridine rings is 1. The fraction of sp³-hybridized carbons (Fsp3) is 0.412. The van der Waals surface area contributed by atoms with Crippen molar-refractivity contribution in [3.05, 3.63) is 47.3 Å². The molecule has 1 aliphatic rings. The molecule has 5 nitrogen and oxygen atoms in total. The van der Waals surface area contributed by atoms with Crippen LogP contribution < -0.4 is 5.32 Å². The number of hydrogen-bond donors (Lipinski definition) is 1. The number of nitrogens with one attached hydrogen (secondary N) is 1. The molecule has 0 saturated heterocycles. The Morgan fingerprint density at radius 1 is 1.16 bits per heavy atom. The lowest BCUT2D eigenvalue weighted by Crippen LogP contribution is -2.16. The molecular formula is C17H19F3N4O. The largest absolute Gasteiger partial charge is 0.433 e. The second-order valence-electron chi connectivity index (χ2n) is 5.39. The molecule has 1 saturated carbocycles. The number of carbonyl (C=O) groups is 1. The number of aryl methyl sites for hydroxylation is 1. The molecule has 0 radical (unpaired) electrons. The lowest BCUT2D eigenvalue weighted by Gasteiger charge is -2.11. The highest BCUT2D eigenvalue weighted by Gasteiger charge is 2.32. The van der Waals surface area contributed by atoms with Crippen LogP contribution in [0.5, 0.6) is 0 Å². The number of nitrogens with zero attached hydrogens (tertiary/aromatic N) is 3. The van der Waals surface area contributed by atoms with E-state index in [4.69, 9.17) is 0 Å². The van der Waals surface area contributed by atoms with Gasteiger partial charge in [0.1, 0.15) is 11.5 Å². The first-order valence-corrected chi connectivity index (χ1v) is 8.03. The van der Waals surface area contributed by atoms with E-state index in [0.29, 0.717) is 11.7 Å². The van der Waals surface area contributed by atoms with Gasteiger partial charge in [-0.1, -0.05) is 13.8 Å². The quantitative estimate of drug-likeness (QED) is 0.891. The Kier molecular flexibility index (Phi) is 5.71. The van der Waals surface area contributed by atoms with E-state index in [9.17, 15) is 18.0 Å². The second-order valence-corrected chi connectivity index (χ2v) is 5.39. The van der Waals surface area contributed by atoms with Crippen LogP contribution in [0.4, 0.5) is 18.9 Å². The summed E-state index contributed by atoms with van der Waals surface area (Å²) in [6.45, 7) is 5.40. The fourth-order valence-electron chi connectivity index (χ4n) is 2.05. The number of hydrogen-bond acceptors (Lipinski definition) is 4. The molecule has 3 rings (SSSR count). The summed E-state index contributed by atoms with van der Waals surface area (Å²) in [5.74, 6) is 0.611. The van der Waals surface area contributed by atoms with Crippen LogP contribution in [0.25, 0.3) is 0 Å². The monoisotopic (exact) mass is 352 g/mol. The van der Waals surface area contributed by atoms with Gasteiger partial charge in [0.25, 0.3) is 5.91 Å². The van der Waals surface area contributed by atoms with E-state index in [-0.39, 0.29) is 16.9 Å². The third-order valence-electron chi connectivity index (χ3n) is 3.50. The van der Waals surface area contributed by atoms with Crippen LogP contribution >= 0.6 is 0 Å². The minimum Gasteiger partial charge on any atom is -0.320 e. The Bertz CT molecular complexity index is 741. The normalized spacial score (nSPS) is 13.7. The van der Waals surface area contributed by atoms with Crippen LogP contribution in [-0.2, 0) is 6.18 Å². The molecule has 0 aromatic carbocycles. The Morgan fingerprint density at radius 2 is 1.76 bits per heavy atom. The van der Waals surface area contributed by atoms with Crippen molar-refractivity contribution in [3.63, 3.8) is 0 Å². The van der Waals surface area contributed by atoms with Gasteiger partial charge in [-0.3, -0.25) is 4.79 Å². The average Bonchev–Trinajstić information content (AvgIpc) is 3.43. The van der Waals surface area contributed by atoms with Gasteiger partial charge in [0.15, 0.2) is 0 Å². The zero-order valence-corrected chi connectivity index (χ0v) is 14.2. The fourth-order valence-corrected chi connectivity index (χ4v) is 2.05. The maximum atomic E-state index is 12.6. The van der Waals surface area contributed by atoms with Gasteiger partial charge in [0.05, 0.1) is 16.9 Å². The summed E-state index contributed by atoms with van der Waals surface area (Å²) in [7, 11) is 0. The van der Waals surface area contributed by atoms with Crippen molar-refractivity contribution < 1.29 is 18.0 Å². The Morgan fingerprint density at radius 3 is 2.24 bits per heavy atom. The average molecular weight is 352 g/mol. The van der Waals surface area contributed by atoms with Gasteiger partial charge in [0, 0.05) is 18.3 Å². The molecule has 1 amide bonds. The van der Waals surface area contributed by atoms with Crippen molar-refractivity contribution in [3.8, 4) is 0 Å². The third-order valence-corrected chi connectivity index (χ3v) is 3.50. The van der Waals surface area contributed by atoms with E-state index in [1.165, 1.54) is 25.4 Å². The molecule has 8 heteroatoms. The van der Waals surface area contributed by atoms with Crippen LogP contribution in [-0.4, -0.2) is 20.9 Å². The number of anilines is 1. The number of halogens is 3. The van der Waals surface area contributed by atoms with E-state index in [1.54, 1.807) is 0 Å². The third kappa shape index (κ3) is 4.74. The van der Waals surface area contributed by atoms with E-state index in [0.717, 1.165) is 18.9 Å². The predicted octanol–water partition coefficient (Wildman–Crippen LogP) is 4.35. The molecule has 0 spiro atoms. The molecule has 25 heavy (non-hydrogen) atoms. The van der Waals surface area contributed by atoms with Gasteiger partial charge in [-0.2, -0.15) is 13.2 Å². The summed E-state index contributed by atoms with van der Waals surface area (Å²) in [5, 5.41) is 2.52. The molecule has 1 N–H and O–H groups in total. The maximum Gasteiger partial charge on any atom is 0.433 e. The highest BCUT2D eigenvalue weighted by Crippen LogP contribution is 2.37. The first kappa shape index (κ1) is 18.8. The standard InChI is InChI=1S/C15H13F3N4O.C2H6/c1-8-11(4-5-12(21-8)15(16,17)18)22-14(23)10-6-19-13(20-7-10)9-2-3-9;1-2/h4-7,9H,2-3H2,1H3,(H,22,23);1-2H3. The molecule has 134 valence electrons. The van der Waals surface area contributed by atoms with Gasteiger partial charge in [-0.05, 0) is 31.9 Å². The highest BCUT2D eigenvalue weighted by atomic mass is 19.4. The van der Waals surface area contributed by atoms with E-state index in [2.05, 4.69) is 20.3 Å². The molecular weight excluding hydrogens is 333 g/mol. The molecule has 2 aromatic heterocycles. The summed E-state index contributed by atoms with van der Waals surface area (Å²) in [6.07, 6.45) is 0.440. The summed E-state index contributed by atoms with van der Waals surface area (Å²) in [4.78, 5) is 23.8. The lowest BCUT2D eigenvalue weighted by molar-refractivity contribution is -0.141. The van der Waals surface area contributed by atoms with E-state index >= 15 is 0 Å². The van der Waals surface area contributed by atoms with Crippen LogP contribution in [0.2, 0.25) is 0 Å². The van der Waals surface area contributed by atoms with Crippen molar-refractivity contribution in [2.75, 3.05) is 5.32 Å². The summed E-state index contributed by atoms with van der Waals surface area (Å²) in [5.41, 5.74) is -0.447. The number of rotatable bonds is 3. The van der Waals surface area contributed by atoms with Crippen LogP contribution in [0, 0.1) is 6.92 Å². The van der Waals surface area contributed by atoms with E-state index in [1.807, 2.05) is 13.8 Å². The number of carbonyl (C=O) groups excluding carboxylic acids is 1. The van der Waals surface area contributed by atoms with Gasteiger partial charge in [-0.25, -0.2) is 15.0 Å². The van der Waals surface area contributed by atoms with Crippen molar-refractivity contribution >= 4 is 11.6 Å². The smallest absolute Gasteiger partial charge is 0.320 e. The van der Waals surface area contributed by atoms with Gasteiger partial charge in [-0.15, -0.1) is 0 Å². The van der Waals surface area contributed by atoms with Gasteiger partial charge < -0.3 is 5.32 Å². The molecule has 1 aliphatic carbocycles. The summed E-state index contributed by atoms with van der Waals surface area (Å²) >= 11 is 0. The Labute approximate surface area is 143 Å². The van der Waals surface area contributed by atoms with E-state index < -0.39 is 17.8 Å². The minimum atomic E-state index is -4.51. The number of amides is 1. The van der Waals surface area contributed by atoms with Crippen molar-refractivity contribution in [2.45, 2.75) is 45.7 Å². The van der Waals surface area contributed by atoms with Gasteiger partial charge >= 0.3 is 6.18 Å².